The standard InChI is InChI=1S/C12H7Cl2N3/c13-9-3-1-2-8(6-9)10-7-11(14)17-12(16-10)4-5-15-17/h1-7H. The number of rotatable bonds is 1. The molecule has 84 valence electrons. The first-order chi connectivity index (χ1) is 8.24. The van der Waals surface area contributed by atoms with Crippen molar-refractivity contribution in [2.45, 2.75) is 0 Å². The van der Waals surface area contributed by atoms with Crippen LogP contribution < -0.4 is 0 Å². The lowest BCUT2D eigenvalue weighted by molar-refractivity contribution is 0.942. The highest BCUT2D eigenvalue weighted by atomic mass is 35.5. The molecule has 3 aromatic rings. The van der Waals surface area contributed by atoms with Crippen LogP contribution in [0.2, 0.25) is 10.2 Å². The number of hydrogen-bond donors (Lipinski definition) is 0. The zero-order chi connectivity index (χ0) is 11.8. The second-order valence-electron chi connectivity index (χ2n) is 3.58. The number of fused-ring (bicyclic) bond motifs is 1. The van der Waals surface area contributed by atoms with Gasteiger partial charge in [-0.3, -0.25) is 0 Å². The second kappa shape index (κ2) is 4.02. The van der Waals surface area contributed by atoms with Crippen LogP contribution in [0.1, 0.15) is 0 Å². The summed E-state index contributed by atoms with van der Waals surface area (Å²) in [6, 6.07) is 11.1. The summed E-state index contributed by atoms with van der Waals surface area (Å²) in [6.45, 7) is 0. The Morgan fingerprint density at radius 3 is 2.76 bits per heavy atom. The maximum atomic E-state index is 6.12. The summed E-state index contributed by atoms with van der Waals surface area (Å²) < 4.78 is 1.58. The van der Waals surface area contributed by atoms with Crippen molar-refractivity contribution in [1.82, 2.24) is 14.6 Å². The highest BCUT2D eigenvalue weighted by Crippen LogP contribution is 2.24. The van der Waals surface area contributed by atoms with Gasteiger partial charge < -0.3 is 0 Å². The predicted molar refractivity (Wildman–Crippen MR) is 68.4 cm³/mol. The van der Waals surface area contributed by atoms with Gasteiger partial charge in [0.25, 0.3) is 0 Å². The smallest absolute Gasteiger partial charge is 0.157 e. The van der Waals surface area contributed by atoms with Crippen LogP contribution >= 0.6 is 23.2 Å². The molecule has 1 aromatic carbocycles. The lowest BCUT2D eigenvalue weighted by Crippen LogP contribution is -1.94. The van der Waals surface area contributed by atoms with Crippen molar-refractivity contribution in [3.05, 3.63) is 52.8 Å². The minimum Gasteiger partial charge on any atom is -0.228 e. The fourth-order valence-corrected chi connectivity index (χ4v) is 2.09. The monoisotopic (exact) mass is 263 g/mol. The van der Waals surface area contributed by atoms with Gasteiger partial charge in [0, 0.05) is 22.7 Å². The van der Waals surface area contributed by atoms with Crippen molar-refractivity contribution in [2.75, 3.05) is 0 Å². The molecule has 0 fully saturated rings. The van der Waals surface area contributed by atoms with Crippen LogP contribution in [0.4, 0.5) is 0 Å². The molecule has 0 amide bonds. The van der Waals surface area contributed by atoms with E-state index < -0.39 is 0 Å². The van der Waals surface area contributed by atoms with E-state index in [0.717, 1.165) is 11.3 Å². The van der Waals surface area contributed by atoms with E-state index in [-0.39, 0.29) is 0 Å². The number of hydrogen-bond acceptors (Lipinski definition) is 2. The Balaban J connectivity index is 2.23. The lowest BCUT2D eigenvalue weighted by Gasteiger charge is -2.03. The summed E-state index contributed by atoms with van der Waals surface area (Å²) in [5.74, 6) is 0. The number of benzene rings is 1. The molecule has 3 rings (SSSR count). The fourth-order valence-electron chi connectivity index (χ4n) is 1.67. The first-order valence-corrected chi connectivity index (χ1v) is 5.76. The predicted octanol–water partition coefficient (Wildman–Crippen LogP) is 3.70. The first kappa shape index (κ1) is 10.6. The number of nitrogens with zero attached hydrogens (tertiary/aromatic N) is 3. The molecule has 3 nitrogen and oxygen atoms in total. The van der Waals surface area contributed by atoms with Gasteiger partial charge >= 0.3 is 0 Å². The molecule has 2 heterocycles. The van der Waals surface area contributed by atoms with Gasteiger partial charge in [-0.25, -0.2) is 9.50 Å². The highest BCUT2D eigenvalue weighted by molar-refractivity contribution is 6.31. The molecule has 0 unspecified atom stereocenters. The van der Waals surface area contributed by atoms with Crippen LogP contribution in [0, 0.1) is 0 Å². The van der Waals surface area contributed by atoms with Crippen LogP contribution in [0.3, 0.4) is 0 Å². The van der Waals surface area contributed by atoms with E-state index in [4.69, 9.17) is 23.2 Å². The van der Waals surface area contributed by atoms with Gasteiger partial charge in [-0.1, -0.05) is 35.3 Å². The molecule has 0 radical (unpaired) electrons. The molecule has 0 spiro atoms. The third kappa shape index (κ3) is 1.88. The average Bonchev–Trinajstić information content (AvgIpc) is 2.77. The molecule has 0 saturated carbocycles. The Labute approximate surface area is 108 Å². The Morgan fingerprint density at radius 1 is 1.06 bits per heavy atom. The van der Waals surface area contributed by atoms with Gasteiger partial charge in [0.15, 0.2) is 5.65 Å². The van der Waals surface area contributed by atoms with Crippen LogP contribution in [0.5, 0.6) is 0 Å². The summed E-state index contributed by atoms with van der Waals surface area (Å²) in [5, 5.41) is 5.26. The van der Waals surface area contributed by atoms with Gasteiger partial charge in [-0.05, 0) is 12.1 Å². The van der Waals surface area contributed by atoms with Gasteiger partial charge in [0.05, 0.1) is 11.9 Å². The molecule has 0 saturated heterocycles. The molecule has 17 heavy (non-hydrogen) atoms. The summed E-state index contributed by atoms with van der Waals surface area (Å²) in [7, 11) is 0. The van der Waals surface area contributed by atoms with E-state index in [0.29, 0.717) is 15.8 Å². The van der Waals surface area contributed by atoms with Crippen LogP contribution in [-0.4, -0.2) is 14.6 Å². The molecule has 0 atom stereocenters. The second-order valence-corrected chi connectivity index (χ2v) is 4.40. The molecule has 0 N–H and O–H groups in total. The molecule has 0 bridgehead atoms. The van der Waals surface area contributed by atoms with E-state index in [1.807, 2.05) is 24.3 Å². The Bertz CT molecular complexity index is 691. The largest absolute Gasteiger partial charge is 0.228 e. The van der Waals surface area contributed by atoms with Crippen LogP contribution in [0.15, 0.2) is 42.6 Å². The van der Waals surface area contributed by atoms with Crippen molar-refractivity contribution in [3.63, 3.8) is 0 Å². The van der Waals surface area contributed by atoms with Crippen molar-refractivity contribution in [1.29, 1.82) is 0 Å². The number of aromatic nitrogens is 3. The van der Waals surface area contributed by atoms with Crippen molar-refractivity contribution < 1.29 is 0 Å². The Kier molecular flexibility index (Phi) is 2.50. The molecule has 2 aromatic heterocycles. The Morgan fingerprint density at radius 2 is 1.94 bits per heavy atom. The first-order valence-electron chi connectivity index (χ1n) is 5.00. The summed E-state index contributed by atoms with van der Waals surface area (Å²) >= 11 is 12.1. The van der Waals surface area contributed by atoms with E-state index in [1.54, 1.807) is 22.8 Å². The van der Waals surface area contributed by atoms with Crippen LogP contribution in [-0.2, 0) is 0 Å². The third-order valence-electron chi connectivity index (χ3n) is 2.44. The topological polar surface area (TPSA) is 30.2 Å². The summed E-state index contributed by atoms with van der Waals surface area (Å²) in [6.07, 6.45) is 1.66. The van der Waals surface area contributed by atoms with E-state index in [1.165, 1.54) is 0 Å². The normalized spacial score (nSPS) is 10.9. The molecular weight excluding hydrogens is 257 g/mol. The van der Waals surface area contributed by atoms with E-state index in [2.05, 4.69) is 10.1 Å². The van der Waals surface area contributed by atoms with Gasteiger partial charge in [-0.15, -0.1) is 0 Å². The third-order valence-corrected chi connectivity index (χ3v) is 2.94. The molecule has 0 aliphatic carbocycles. The van der Waals surface area contributed by atoms with Gasteiger partial charge in [0.2, 0.25) is 0 Å². The minimum absolute atomic E-state index is 0.523. The Hall–Kier alpha value is -1.58. The van der Waals surface area contributed by atoms with Gasteiger partial charge in [0.1, 0.15) is 5.15 Å². The molecular formula is C12H7Cl2N3. The quantitative estimate of drug-likeness (QED) is 0.627. The lowest BCUT2D eigenvalue weighted by atomic mass is 10.1. The number of halogens is 2. The van der Waals surface area contributed by atoms with Crippen molar-refractivity contribution >= 4 is 28.8 Å². The van der Waals surface area contributed by atoms with Crippen molar-refractivity contribution in [2.24, 2.45) is 0 Å². The van der Waals surface area contributed by atoms with E-state index in [9.17, 15) is 0 Å². The zero-order valence-electron chi connectivity index (χ0n) is 8.64. The van der Waals surface area contributed by atoms with Gasteiger partial charge in [-0.2, -0.15) is 5.10 Å². The summed E-state index contributed by atoms with van der Waals surface area (Å²) in [4.78, 5) is 4.46. The summed E-state index contributed by atoms with van der Waals surface area (Å²) in [5.41, 5.74) is 2.43. The highest BCUT2D eigenvalue weighted by Gasteiger charge is 2.06. The van der Waals surface area contributed by atoms with Crippen molar-refractivity contribution in [3.8, 4) is 11.3 Å². The molecule has 0 aliphatic rings. The maximum Gasteiger partial charge on any atom is 0.157 e. The molecule has 5 heteroatoms. The SMILES string of the molecule is Clc1cccc(-c2cc(Cl)n3nccc3n2)c1. The van der Waals surface area contributed by atoms with Crippen LogP contribution in [0.25, 0.3) is 16.9 Å². The zero-order valence-corrected chi connectivity index (χ0v) is 10.2. The molecule has 0 aliphatic heterocycles. The average molecular weight is 264 g/mol. The minimum atomic E-state index is 0.523. The maximum absolute atomic E-state index is 6.12. The fraction of sp³-hybridized carbons (Fsp3) is 0. The van der Waals surface area contributed by atoms with E-state index >= 15 is 0 Å².